The fourth-order valence-corrected chi connectivity index (χ4v) is 3.68. The smallest absolute Gasteiger partial charge is 0.231 e. The van der Waals surface area contributed by atoms with Crippen LogP contribution in [-0.2, 0) is 16.0 Å². The van der Waals surface area contributed by atoms with Crippen molar-refractivity contribution in [3.63, 3.8) is 0 Å². The van der Waals surface area contributed by atoms with Gasteiger partial charge in [-0.15, -0.1) is 0 Å². The molecule has 2 N–H and O–H groups in total. The lowest BCUT2D eigenvalue weighted by molar-refractivity contribution is -0.168. The molecule has 1 aromatic carbocycles. The van der Waals surface area contributed by atoms with Crippen molar-refractivity contribution in [2.75, 3.05) is 13.4 Å². The zero-order valence-corrected chi connectivity index (χ0v) is 13.4. The summed E-state index contributed by atoms with van der Waals surface area (Å²) < 4.78 is 24.1. The van der Waals surface area contributed by atoms with Gasteiger partial charge in [0.05, 0.1) is 18.8 Å². The van der Waals surface area contributed by atoms with Gasteiger partial charge in [-0.05, 0) is 23.8 Å². The third-order valence-corrected chi connectivity index (χ3v) is 4.94. The topological polar surface area (TPSA) is 87.0 Å². The average molecular weight is 345 g/mol. The van der Waals surface area contributed by atoms with Gasteiger partial charge in [-0.25, -0.2) is 0 Å². The number of aliphatic hydroxyl groups excluding tert-OH is 1. The average Bonchev–Trinajstić information content (AvgIpc) is 3.36. The van der Waals surface area contributed by atoms with Crippen molar-refractivity contribution in [3.05, 3.63) is 42.2 Å². The first-order valence-corrected chi connectivity index (χ1v) is 8.36. The van der Waals surface area contributed by atoms with Crippen molar-refractivity contribution >= 4 is 0 Å². The van der Waals surface area contributed by atoms with Gasteiger partial charge >= 0.3 is 0 Å². The van der Waals surface area contributed by atoms with E-state index in [1.807, 2.05) is 30.5 Å². The molecule has 8 nitrogen and oxygen atoms in total. The number of rotatable bonds is 4. The Kier molecular flexibility index (Phi) is 3.63. The van der Waals surface area contributed by atoms with Gasteiger partial charge < -0.3 is 29.4 Å². The highest BCUT2D eigenvalue weighted by molar-refractivity contribution is 5.44. The Morgan fingerprint density at radius 3 is 3.08 bits per heavy atom. The molecule has 25 heavy (non-hydrogen) atoms. The molecule has 1 aromatic heterocycles. The SMILES string of the molecule is OC1C(NCc2ccc3c(c2)OCO3)C2COC(O2)C1n1cccn1. The Balaban J connectivity index is 1.33. The molecule has 4 heterocycles. The standard InChI is InChI=1S/C17H19N3O5/c21-16-14(18-7-10-2-3-11-12(6-10)24-9-23-11)13-8-22-17(25-13)15(16)20-5-1-4-19-20/h1-6,13-18,21H,7-9H2. The maximum atomic E-state index is 10.9. The predicted octanol–water partition coefficient (Wildman–Crippen LogP) is 0.427. The molecule has 132 valence electrons. The second kappa shape index (κ2) is 5.99. The summed E-state index contributed by atoms with van der Waals surface area (Å²) in [5, 5.41) is 18.5. The van der Waals surface area contributed by atoms with Crippen LogP contribution >= 0.6 is 0 Å². The molecule has 5 atom stereocenters. The second-order valence-electron chi connectivity index (χ2n) is 6.44. The Morgan fingerprint density at radius 1 is 1.28 bits per heavy atom. The Labute approximate surface area is 144 Å². The van der Waals surface area contributed by atoms with Crippen LogP contribution in [0, 0.1) is 0 Å². The highest BCUT2D eigenvalue weighted by atomic mass is 16.7. The van der Waals surface area contributed by atoms with Gasteiger partial charge in [-0.2, -0.15) is 5.10 Å². The monoisotopic (exact) mass is 345 g/mol. The van der Waals surface area contributed by atoms with Gasteiger partial charge in [-0.3, -0.25) is 4.68 Å². The quantitative estimate of drug-likeness (QED) is 0.831. The Bertz CT molecular complexity index is 753. The van der Waals surface area contributed by atoms with E-state index in [1.165, 1.54) is 0 Å². The molecule has 2 fully saturated rings. The molecule has 5 unspecified atom stereocenters. The molecular formula is C17H19N3O5. The van der Waals surface area contributed by atoms with E-state index in [0.29, 0.717) is 13.2 Å². The third-order valence-electron chi connectivity index (χ3n) is 4.94. The lowest BCUT2D eigenvalue weighted by Gasteiger charge is -2.38. The number of nitrogens with one attached hydrogen (secondary N) is 1. The lowest BCUT2D eigenvalue weighted by Crippen LogP contribution is -2.57. The minimum absolute atomic E-state index is 0.180. The van der Waals surface area contributed by atoms with E-state index >= 15 is 0 Å². The van der Waals surface area contributed by atoms with Crippen LogP contribution in [0.2, 0.25) is 0 Å². The number of aliphatic hydroxyl groups is 1. The van der Waals surface area contributed by atoms with Crippen LogP contribution in [0.15, 0.2) is 36.7 Å². The summed E-state index contributed by atoms with van der Waals surface area (Å²) in [7, 11) is 0. The molecule has 0 spiro atoms. The Hall–Kier alpha value is -2.13. The van der Waals surface area contributed by atoms with Crippen LogP contribution in [0.1, 0.15) is 11.6 Å². The lowest BCUT2D eigenvalue weighted by atomic mass is 9.96. The fraction of sp³-hybridized carbons (Fsp3) is 0.471. The number of benzene rings is 1. The van der Waals surface area contributed by atoms with Crippen molar-refractivity contribution in [3.8, 4) is 11.5 Å². The summed E-state index contributed by atoms with van der Waals surface area (Å²) in [5.41, 5.74) is 1.05. The molecule has 5 rings (SSSR count). The van der Waals surface area contributed by atoms with E-state index in [4.69, 9.17) is 18.9 Å². The highest BCUT2D eigenvalue weighted by Crippen LogP contribution is 2.36. The van der Waals surface area contributed by atoms with E-state index < -0.39 is 12.4 Å². The van der Waals surface area contributed by atoms with Gasteiger partial charge in [-0.1, -0.05) is 6.07 Å². The van der Waals surface area contributed by atoms with Gasteiger partial charge in [0.1, 0.15) is 12.1 Å². The largest absolute Gasteiger partial charge is 0.454 e. The first kappa shape index (κ1) is 15.2. The first-order chi connectivity index (χ1) is 12.3. The second-order valence-corrected chi connectivity index (χ2v) is 6.44. The molecule has 0 aliphatic carbocycles. The predicted molar refractivity (Wildman–Crippen MR) is 85.1 cm³/mol. The van der Waals surface area contributed by atoms with Crippen LogP contribution in [0.3, 0.4) is 0 Å². The summed E-state index contributed by atoms with van der Waals surface area (Å²) >= 11 is 0. The van der Waals surface area contributed by atoms with Gasteiger partial charge in [0, 0.05) is 18.9 Å². The van der Waals surface area contributed by atoms with E-state index in [9.17, 15) is 5.11 Å². The molecule has 8 heteroatoms. The maximum absolute atomic E-state index is 10.9. The number of nitrogens with zero attached hydrogens (tertiary/aromatic N) is 2. The van der Waals surface area contributed by atoms with Crippen LogP contribution in [0.4, 0.5) is 0 Å². The van der Waals surface area contributed by atoms with Crippen molar-refractivity contribution in [2.24, 2.45) is 0 Å². The number of fused-ring (bicyclic) bond motifs is 3. The highest BCUT2D eigenvalue weighted by Gasteiger charge is 2.51. The number of hydrogen-bond donors (Lipinski definition) is 2. The normalized spacial score (nSPS) is 32.9. The van der Waals surface area contributed by atoms with Crippen molar-refractivity contribution in [1.82, 2.24) is 15.1 Å². The number of hydrogen-bond acceptors (Lipinski definition) is 7. The molecule has 2 aromatic rings. The Morgan fingerprint density at radius 2 is 2.20 bits per heavy atom. The molecular weight excluding hydrogens is 326 g/mol. The maximum Gasteiger partial charge on any atom is 0.231 e. The van der Waals surface area contributed by atoms with E-state index in [-0.39, 0.29) is 25.0 Å². The van der Waals surface area contributed by atoms with Gasteiger partial charge in [0.25, 0.3) is 0 Å². The summed E-state index contributed by atoms with van der Waals surface area (Å²) in [6, 6.07) is 7.03. The minimum atomic E-state index is -0.667. The third kappa shape index (κ3) is 2.58. The van der Waals surface area contributed by atoms with Crippen molar-refractivity contribution in [1.29, 1.82) is 0 Å². The number of ether oxygens (including phenoxy) is 4. The van der Waals surface area contributed by atoms with Crippen LogP contribution in [0.25, 0.3) is 0 Å². The zero-order valence-electron chi connectivity index (χ0n) is 13.4. The van der Waals surface area contributed by atoms with Crippen LogP contribution < -0.4 is 14.8 Å². The molecule has 0 radical (unpaired) electrons. The van der Waals surface area contributed by atoms with E-state index in [2.05, 4.69) is 10.4 Å². The molecule has 0 amide bonds. The summed E-state index contributed by atoms with van der Waals surface area (Å²) in [6.07, 6.45) is 2.18. The minimum Gasteiger partial charge on any atom is -0.454 e. The van der Waals surface area contributed by atoms with E-state index in [0.717, 1.165) is 17.1 Å². The van der Waals surface area contributed by atoms with E-state index in [1.54, 1.807) is 10.9 Å². The fourth-order valence-electron chi connectivity index (χ4n) is 3.68. The molecule has 3 aliphatic rings. The molecule has 2 saturated heterocycles. The van der Waals surface area contributed by atoms with Crippen molar-refractivity contribution in [2.45, 2.75) is 37.1 Å². The molecule has 0 saturated carbocycles. The first-order valence-electron chi connectivity index (χ1n) is 8.36. The van der Waals surface area contributed by atoms with Gasteiger partial charge in [0.15, 0.2) is 17.8 Å². The van der Waals surface area contributed by atoms with Crippen molar-refractivity contribution < 1.29 is 24.1 Å². The van der Waals surface area contributed by atoms with Crippen LogP contribution in [-0.4, -0.2) is 52.8 Å². The zero-order chi connectivity index (χ0) is 16.8. The summed E-state index contributed by atoms with van der Waals surface area (Å²) in [5.74, 6) is 1.51. The number of aromatic nitrogens is 2. The summed E-state index contributed by atoms with van der Waals surface area (Å²) in [6.45, 7) is 1.29. The van der Waals surface area contributed by atoms with Crippen LogP contribution in [0.5, 0.6) is 11.5 Å². The summed E-state index contributed by atoms with van der Waals surface area (Å²) in [4.78, 5) is 0. The van der Waals surface area contributed by atoms with Gasteiger partial charge in [0.2, 0.25) is 6.79 Å². The molecule has 2 bridgehead atoms. The molecule has 3 aliphatic heterocycles.